The third kappa shape index (κ3) is 6.15. The fourth-order valence-corrected chi connectivity index (χ4v) is 4.46. The van der Waals surface area contributed by atoms with Crippen LogP contribution in [0.2, 0.25) is 18.1 Å². The van der Waals surface area contributed by atoms with Crippen LogP contribution >= 0.6 is 0 Å². The number of unbranched alkanes of at least 4 members (excludes halogenated alkanes) is 1. The maximum atomic E-state index is 6.15. The summed E-state index contributed by atoms with van der Waals surface area (Å²) < 4.78 is 6.15. The van der Waals surface area contributed by atoms with E-state index < -0.39 is 8.32 Å². The Labute approximate surface area is 102 Å². The monoisotopic (exact) mass is 238 g/mol. The molecular weight excluding hydrogens is 212 g/mol. The second kappa shape index (κ2) is 9.69. The molecule has 0 radical (unpaired) electrons. The average molecular weight is 238 g/mol. The molecule has 0 unspecified atom stereocenters. The van der Waals surface area contributed by atoms with Crippen LogP contribution in [0.15, 0.2) is 12.2 Å². The lowest BCUT2D eigenvalue weighted by Gasteiger charge is -2.27. The Morgan fingerprint density at radius 1 is 1.12 bits per heavy atom. The van der Waals surface area contributed by atoms with E-state index in [1.165, 1.54) is 18.1 Å². The van der Waals surface area contributed by atoms with Gasteiger partial charge in [0.05, 0.1) is 0 Å². The third-order valence-corrected chi connectivity index (χ3v) is 7.88. The van der Waals surface area contributed by atoms with Gasteiger partial charge in [-0.3, -0.25) is 0 Å². The molecule has 0 amide bonds. The van der Waals surface area contributed by atoms with Gasteiger partial charge in [0.1, 0.15) is 0 Å². The highest BCUT2D eigenvalue weighted by molar-refractivity contribution is 6.73. The van der Waals surface area contributed by atoms with E-state index in [9.17, 15) is 0 Å². The molecule has 0 bridgehead atoms. The van der Waals surface area contributed by atoms with Crippen molar-refractivity contribution >= 4 is 8.32 Å². The summed E-state index contributed by atoms with van der Waals surface area (Å²) in [5.41, 5.74) is 0. The standard InChI is InChI=1S/C14H26OSi/c1-5-9-10-11-12-13-14-15-16(6-2,7-3)8-4/h10-11H,6-8,12-14H2,1-4H3/b11-10+. The molecule has 0 aromatic rings. The molecule has 0 aliphatic heterocycles. The molecule has 0 N–H and O–H groups in total. The highest BCUT2D eigenvalue weighted by Gasteiger charge is 2.27. The van der Waals surface area contributed by atoms with E-state index in [2.05, 4.69) is 38.7 Å². The number of rotatable bonds is 8. The van der Waals surface area contributed by atoms with E-state index >= 15 is 0 Å². The Morgan fingerprint density at radius 3 is 2.25 bits per heavy atom. The van der Waals surface area contributed by atoms with Crippen molar-refractivity contribution in [3.8, 4) is 11.8 Å². The molecule has 2 heteroatoms. The molecule has 0 heterocycles. The first-order valence-electron chi connectivity index (χ1n) is 6.46. The molecule has 0 aromatic heterocycles. The van der Waals surface area contributed by atoms with Gasteiger partial charge in [-0.2, -0.15) is 0 Å². The minimum absolute atomic E-state index is 0.922. The van der Waals surface area contributed by atoms with E-state index in [0.29, 0.717) is 0 Å². The zero-order chi connectivity index (χ0) is 12.3. The Bertz CT molecular complexity index is 235. The summed E-state index contributed by atoms with van der Waals surface area (Å²) in [6, 6.07) is 3.74. The topological polar surface area (TPSA) is 9.23 Å². The Balaban J connectivity index is 3.73. The van der Waals surface area contributed by atoms with Gasteiger partial charge in [-0.1, -0.05) is 32.8 Å². The largest absolute Gasteiger partial charge is 0.417 e. The van der Waals surface area contributed by atoms with Crippen LogP contribution in [0.5, 0.6) is 0 Å². The van der Waals surface area contributed by atoms with E-state index in [1.54, 1.807) is 0 Å². The highest BCUT2D eigenvalue weighted by Crippen LogP contribution is 2.21. The molecule has 0 aliphatic rings. The fourth-order valence-electron chi connectivity index (χ4n) is 1.77. The number of hydrogen-bond donors (Lipinski definition) is 0. The van der Waals surface area contributed by atoms with Crippen LogP contribution in [0, 0.1) is 11.8 Å². The van der Waals surface area contributed by atoms with Gasteiger partial charge in [-0.05, 0) is 44.0 Å². The van der Waals surface area contributed by atoms with Crippen LogP contribution < -0.4 is 0 Å². The van der Waals surface area contributed by atoms with Gasteiger partial charge in [0, 0.05) is 6.61 Å². The number of allylic oxidation sites excluding steroid dienone is 2. The van der Waals surface area contributed by atoms with Crippen LogP contribution in [-0.2, 0) is 4.43 Å². The van der Waals surface area contributed by atoms with E-state index in [4.69, 9.17) is 4.43 Å². The van der Waals surface area contributed by atoms with Gasteiger partial charge in [0.2, 0.25) is 0 Å². The van der Waals surface area contributed by atoms with Gasteiger partial charge in [0.25, 0.3) is 0 Å². The SMILES string of the molecule is CC#C/C=C/CCCO[Si](CC)(CC)CC. The lowest BCUT2D eigenvalue weighted by atomic mass is 10.3. The van der Waals surface area contributed by atoms with Crippen molar-refractivity contribution < 1.29 is 4.43 Å². The second-order valence-electron chi connectivity index (χ2n) is 4.03. The Kier molecular flexibility index (Phi) is 9.37. The molecule has 0 atom stereocenters. The van der Waals surface area contributed by atoms with Gasteiger partial charge in [-0.15, -0.1) is 5.92 Å². The lowest BCUT2D eigenvalue weighted by Crippen LogP contribution is -2.36. The average Bonchev–Trinajstić information content (AvgIpc) is 2.34. The molecule has 0 fully saturated rings. The van der Waals surface area contributed by atoms with Crippen LogP contribution in [0.4, 0.5) is 0 Å². The summed E-state index contributed by atoms with van der Waals surface area (Å²) in [5.74, 6) is 5.78. The number of hydrogen-bond acceptors (Lipinski definition) is 1. The van der Waals surface area contributed by atoms with Crippen LogP contribution in [-0.4, -0.2) is 14.9 Å². The first kappa shape index (κ1) is 15.5. The van der Waals surface area contributed by atoms with Crippen molar-refractivity contribution in [2.24, 2.45) is 0 Å². The summed E-state index contributed by atoms with van der Waals surface area (Å²) in [6.07, 6.45) is 6.27. The van der Waals surface area contributed by atoms with Crippen molar-refractivity contribution in [2.75, 3.05) is 6.61 Å². The maximum absolute atomic E-state index is 6.15. The lowest BCUT2D eigenvalue weighted by molar-refractivity contribution is 0.294. The first-order chi connectivity index (χ1) is 7.74. The van der Waals surface area contributed by atoms with Crippen LogP contribution in [0.25, 0.3) is 0 Å². The molecule has 1 nitrogen and oxygen atoms in total. The molecule has 92 valence electrons. The minimum Gasteiger partial charge on any atom is -0.417 e. The van der Waals surface area contributed by atoms with Gasteiger partial charge in [0.15, 0.2) is 8.32 Å². The summed E-state index contributed by atoms with van der Waals surface area (Å²) in [6.45, 7) is 9.60. The van der Waals surface area contributed by atoms with E-state index in [-0.39, 0.29) is 0 Å². The van der Waals surface area contributed by atoms with Crippen LogP contribution in [0.3, 0.4) is 0 Å². The van der Waals surface area contributed by atoms with Crippen molar-refractivity contribution in [2.45, 2.75) is 58.7 Å². The summed E-state index contributed by atoms with van der Waals surface area (Å²) in [4.78, 5) is 0. The van der Waals surface area contributed by atoms with Crippen molar-refractivity contribution in [1.82, 2.24) is 0 Å². The molecule has 0 rings (SSSR count). The molecule has 0 aliphatic carbocycles. The quantitative estimate of drug-likeness (QED) is 0.347. The first-order valence-corrected chi connectivity index (χ1v) is 8.98. The third-order valence-electron chi connectivity index (χ3n) is 3.20. The summed E-state index contributed by atoms with van der Waals surface area (Å²) in [7, 11) is -1.34. The maximum Gasteiger partial charge on any atom is 0.191 e. The molecule has 16 heavy (non-hydrogen) atoms. The zero-order valence-electron chi connectivity index (χ0n) is 11.3. The Hall–Kier alpha value is -0.523. The molecule has 0 spiro atoms. The highest BCUT2D eigenvalue weighted by atomic mass is 28.4. The molecule has 0 aromatic carbocycles. The summed E-state index contributed by atoms with van der Waals surface area (Å²) >= 11 is 0. The van der Waals surface area contributed by atoms with Gasteiger partial charge in [-0.25, -0.2) is 0 Å². The van der Waals surface area contributed by atoms with Gasteiger partial charge >= 0.3 is 0 Å². The predicted octanol–water partition coefficient (Wildman–Crippen LogP) is 4.37. The van der Waals surface area contributed by atoms with Crippen LogP contribution in [0.1, 0.15) is 40.5 Å². The van der Waals surface area contributed by atoms with Gasteiger partial charge < -0.3 is 4.43 Å². The van der Waals surface area contributed by atoms with E-state index in [1.807, 2.05) is 13.0 Å². The normalized spacial score (nSPS) is 11.5. The fraction of sp³-hybridized carbons (Fsp3) is 0.714. The Morgan fingerprint density at radius 2 is 1.75 bits per heavy atom. The molecule has 0 saturated heterocycles. The van der Waals surface area contributed by atoms with Crippen molar-refractivity contribution in [1.29, 1.82) is 0 Å². The smallest absolute Gasteiger partial charge is 0.191 e. The van der Waals surface area contributed by atoms with E-state index in [0.717, 1.165) is 19.4 Å². The molecular formula is C14H26OSi. The van der Waals surface area contributed by atoms with Crippen molar-refractivity contribution in [3.05, 3.63) is 12.2 Å². The predicted molar refractivity (Wildman–Crippen MR) is 75.0 cm³/mol. The summed E-state index contributed by atoms with van der Waals surface area (Å²) in [5, 5.41) is 0. The zero-order valence-corrected chi connectivity index (χ0v) is 12.3. The van der Waals surface area contributed by atoms with Crippen molar-refractivity contribution in [3.63, 3.8) is 0 Å². The second-order valence-corrected chi connectivity index (χ2v) is 8.81. The minimum atomic E-state index is -1.34. The molecule has 0 saturated carbocycles.